The number of rotatable bonds is 10. The molecule has 0 radical (unpaired) electrons. The Bertz CT molecular complexity index is 1730. The molecule has 1 aliphatic rings. The van der Waals surface area contributed by atoms with Crippen molar-refractivity contribution in [3.05, 3.63) is 94.6 Å². The molecule has 0 aliphatic carbocycles. The van der Waals surface area contributed by atoms with Gasteiger partial charge in [0.2, 0.25) is 5.58 Å². The molecule has 0 saturated heterocycles. The minimum Gasteiger partial charge on any atom is -0.748 e. The highest BCUT2D eigenvalue weighted by Gasteiger charge is 2.31. The van der Waals surface area contributed by atoms with Crippen molar-refractivity contribution in [3.8, 4) is 11.1 Å². The largest absolute Gasteiger partial charge is 0.748 e. The standard InChI is InChI=1S/C31H31Cl2N3O4S/c1-3-34-26-20-24(32)25(33)21-27(26)36(17-8-9-18-41(37,38)39)30(34)13-10-14-31-35(4-2)28-19-23(15-16-29(28)40-31)22-11-6-5-7-12-22/h5-7,10-16,19-21H,3-4,8-9,17-18H2,1-2H3. The Kier molecular flexibility index (Phi) is 8.75. The van der Waals surface area contributed by atoms with Gasteiger partial charge in [0.15, 0.2) is 0 Å². The molecular formula is C31H31Cl2N3O4S. The van der Waals surface area contributed by atoms with Crippen LogP contribution in [0.5, 0.6) is 0 Å². The van der Waals surface area contributed by atoms with Gasteiger partial charge in [-0.15, -0.1) is 0 Å². The van der Waals surface area contributed by atoms with Crippen molar-refractivity contribution < 1.29 is 22.0 Å². The highest BCUT2D eigenvalue weighted by atomic mass is 35.5. The topological polar surface area (TPSA) is 80.7 Å². The molecule has 0 saturated carbocycles. The van der Waals surface area contributed by atoms with E-state index in [2.05, 4.69) is 45.6 Å². The molecule has 7 nitrogen and oxygen atoms in total. The summed E-state index contributed by atoms with van der Waals surface area (Å²) in [6.45, 7) is 6.06. The molecule has 5 rings (SSSR count). The van der Waals surface area contributed by atoms with Gasteiger partial charge in [-0.25, -0.2) is 8.42 Å². The molecule has 10 heteroatoms. The van der Waals surface area contributed by atoms with Crippen molar-refractivity contribution in [2.45, 2.75) is 33.2 Å². The van der Waals surface area contributed by atoms with Crippen LogP contribution in [-0.4, -0.2) is 31.8 Å². The van der Waals surface area contributed by atoms with Crippen LogP contribution in [-0.2, 0) is 16.7 Å². The number of unbranched alkanes of at least 4 members (excludes halogenated alkanes) is 1. The van der Waals surface area contributed by atoms with Gasteiger partial charge in [-0.2, -0.15) is 4.57 Å². The maximum absolute atomic E-state index is 11.1. The predicted molar refractivity (Wildman–Crippen MR) is 165 cm³/mol. The van der Waals surface area contributed by atoms with E-state index in [-0.39, 0.29) is 12.2 Å². The number of aryl methyl sites for hydroxylation is 1. The summed E-state index contributed by atoms with van der Waals surface area (Å²) >= 11 is 12.7. The van der Waals surface area contributed by atoms with Crippen LogP contribution in [0, 0.1) is 0 Å². The van der Waals surface area contributed by atoms with Gasteiger partial charge in [-0.05, 0) is 68.2 Å². The van der Waals surface area contributed by atoms with Crippen LogP contribution in [0.25, 0.3) is 28.3 Å². The predicted octanol–water partition coefficient (Wildman–Crippen LogP) is 7.24. The number of benzene rings is 3. The number of hydrogen-bond donors (Lipinski definition) is 0. The zero-order valence-electron chi connectivity index (χ0n) is 22.9. The highest BCUT2D eigenvalue weighted by Crippen LogP contribution is 2.45. The van der Waals surface area contributed by atoms with Crippen LogP contribution < -0.4 is 14.4 Å². The molecule has 0 bridgehead atoms. The van der Waals surface area contributed by atoms with Gasteiger partial charge < -0.3 is 18.8 Å². The molecule has 1 aliphatic heterocycles. The third-order valence-electron chi connectivity index (χ3n) is 7.13. The summed E-state index contributed by atoms with van der Waals surface area (Å²) < 4.78 is 41.7. The third kappa shape index (κ3) is 6.31. The Morgan fingerprint density at radius 1 is 0.927 bits per heavy atom. The van der Waals surface area contributed by atoms with Gasteiger partial charge in [0.1, 0.15) is 12.4 Å². The van der Waals surface area contributed by atoms with Gasteiger partial charge in [0, 0.05) is 24.9 Å². The SMILES string of the molecule is CCN1C(=CC=Cc2oc3ccc(-c4ccccc4)cc3[n+]2CC)N(CCCCS(=O)(=O)[O-])c2cc(Cl)c(Cl)cc21. The molecule has 0 fully saturated rings. The first-order chi connectivity index (χ1) is 19.7. The fourth-order valence-corrected chi connectivity index (χ4v) is 6.10. The van der Waals surface area contributed by atoms with Gasteiger partial charge in [0.25, 0.3) is 5.52 Å². The molecule has 4 aromatic rings. The van der Waals surface area contributed by atoms with Gasteiger partial charge >= 0.3 is 5.89 Å². The normalized spacial score (nSPS) is 14.6. The van der Waals surface area contributed by atoms with E-state index in [1.165, 1.54) is 0 Å². The lowest BCUT2D eigenvalue weighted by Gasteiger charge is -2.24. The lowest BCUT2D eigenvalue weighted by atomic mass is 10.1. The summed E-state index contributed by atoms with van der Waals surface area (Å²) in [5.41, 5.74) is 5.89. The van der Waals surface area contributed by atoms with E-state index in [0.717, 1.165) is 51.9 Å². The van der Waals surface area contributed by atoms with E-state index in [1.54, 1.807) is 0 Å². The van der Waals surface area contributed by atoms with Crippen molar-refractivity contribution in [3.63, 3.8) is 0 Å². The maximum Gasteiger partial charge on any atom is 0.374 e. The Morgan fingerprint density at radius 3 is 2.29 bits per heavy atom. The molecule has 3 aromatic carbocycles. The van der Waals surface area contributed by atoms with E-state index >= 15 is 0 Å². The Morgan fingerprint density at radius 2 is 1.63 bits per heavy atom. The summed E-state index contributed by atoms with van der Waals surface area (Å²) in [5, 5.41) is 0.894. The number of aromatic nitrogens is 1. The summed E-state index contributed by atoms with van der Waals surface area (Å²) in [7, 11) is -4.26. The second-order valence-corrected chi connectivity index (χ2v) is 12.1. The van der Waals surface area contributed by atoms with E-state index < -0.39 is 10.1 Å². The zero-order valence-corrected chi connectivity index (χ0v) is 25.2. The Balaban J connectivity index is 1.47. The minimum atomic E-state index is -4.26. The maximum atomic E-state index is 11.1. The van der Waals surface area contributed by atoms with Crippen molar-refractivity contribution in [1.29, 1.82) is 0 Å². The first-order valence-electron chi connectivity index (χ1n) is 13.6. The first kappa shape index (κ1) is 29.2. The van der Waals surface area contributed by atoms with Crippen LogP contribution in [0.3, 0.4) is 0 Å². The van der Waals surface area contributed by atoms with E-state index in [1.807, 2.05) is 61.5 Å². The summed E-state index contributed by atoms with van der Waals surface area (Å²) in [6, 6.07) is 20.1. The van der Waals surface area contributed by atoms with Gasteiger partial charge in [0.05, 0.1) is 37.6 Å². The number of halogens is 2. The Labute approximate surface area is 250 Å². The number of nitrogens with zero attached hydrogens (tertiary/aromatic N) is 3. The van der Waals surface area contributed by atoms with Crippen molar-refractivity contribution >= 4 is 61.9 Å². The van der Waals surface area contributed by atoms with Gasteiger partial charge in [-0.1, -0.05) is 59.6 Å². The summed E-state index contributed by atoms with van der Waals surface area (Å²) in [5.74, 6) is 1.23. The van der Waals surface area contributed by atoms with E-state index in [4.69, 9.17) is 27.6 Å². The third-order valence-corrected chi connectivity index (χ3v) is 8.64. The second-order valence-electron chi connectivity index (χ2n) is 9.74. The molecular weight excluding hydrogens is 581 g/mol. The molecule has 0 atom stereocenters. The number of allylic oxidation sites excluding steroid dienone is 2. The lowest BCUT2D eigenvalue weighted by Crippen LogP contribution is -2.33. The van der Waals surface area contributed by atoms with Gasteiger partial charge in [-0.3, -0.25) is 0 Å². The minimum absolute atomic E-state index is 0.273. The van der Waals surface area contributed by atoms with E-state index in [0.29, 0.717) is 29.6 Å². The number of fused-ring (bicyclic) bond motifs is 2. The molecule has 0 spiro atoms. The molecule has 0 N–H and O–H groups in total. The lowest BCUT2D eigenvalue weighted by molar-refractivity contribution is -0.674. The number of hydrogen-bond acceptors (Lipinski definition) is 6. The molecule has 0 amide bonds. The number of anilines is 2. The van der Waals surface area contributed by atoms with Crippen LogP contribution in [0.2, 0.25) is 10.0 Å². The van der Waals surface area contributed by atoms with Crippen LogP contribution >= 0.6 is 23.2 Å². The average molecular weight is 613 g/mol. The molecule has 2 heterocycles. The molecule has 41 heavy (non-hydrogen) atoms. The molecule has 0 unspecified atom stereocenters. The van der Waals surface area contributed by atoms with Crippen LogP contribution in [0.4, 0.5) is 11.4 Å². The zero-order chi connectivity index (χ0) is 29.1. The van der Waals surface area contributed by atoms with E-state index in [9.17, 15) is 13.0 Å². The smallest absolute Gasteiger partial charge is 0.374 e. The number of oxazole rings is 1. The highest BCUT2D eigenvalue weighted by molar-refractivity contribution is 7.85. The van der Waals surface area contributed by atoms with Crippen molar-refractivity contribution in [2.75, 3.05) is 28.6 Å². The van der Waals surface area contributed by atoms with Crippen molar-refractivity contribution in [2.24, 2.45) is 0 Å². The molecule has 1 aromatic heterocycles. The molecule has 214 valence electrons. The summed E-state index contributed by atoms with van der Waals surface area (Å²) in [6.07, 6.45) is 6.68. The second kappa shape index (κ2) is 12.3. The van der Waals surface area contributed by atoms with Crippen LogP contribution in [0.15, 0.2) is 83.1 Å². The fourth-order valence-electron chi connectivity index (χ4n) is 5.22. The fraction of sp³-hybridized carbons (Fsp3) is 0.258. The summed E-state index contributed by atoms with van der Waals surface area (Å²) in [4.78, 5) is 4.21. The first-order valence-corrected chi connectivity index (χ1v) is 15.9. The Hall–Kier alpha value is -3.30. The average Bonchev–Trinajstić information content (AvgIpc) is 3.44. The van der Waals surface area contributed by atoms with Crippen molar-refractivity contribution in [1.82, 2.24) is 0 Å². The monoisotopic (exact) mass is 611 g/mol. The van der Waals surface area contributed by atoms with Crippen LogP contribution in [0.1, 0.15) is 32.6 Å². The quantitative estimate of drug-likeness (QED) is 0.107.